The van der Waals surface area contributed by atoms with Crippen LogP contribution >= 0.6 is 0 Å². The Balaban J connectivity index is 1.71. The van der Waals surface area contributed by atoms with Crippen LogP contribution in [0.15, 0.2) is 35.4 Å². The van der Waals surface area contributed by atoms with Crippen molar-refractivity contribution < 1.29 is 27.8 Å². The van der Waals surface area contributed by atoms with Crippen LogP contribution < -0.4 is 16.5 Å². The number of nitrogen functional groups attached to an aromatic ring is 1. The van der Waals surface area contributed by atoms with Gasteiger partial charge in [0.05, 0.1) is 28.5 Å². The number of fused-ring (bicyclic) bond motifs is 3. The van der Waals surface area contributed by atoms with Gasteiger partial charge in [-0.25, -0.2) is 10.4 Å². The van der Waals surface area contributed by atoms with Gasteiger partial charge in [-0.3, -0.25) is 15.2 Å². The van der Waals surface area contributed by atoms with Crippen molar-refractivity contribution >= 4 is 34.0 Å². The minimum absolute atomic E-state index is 0.119. The molecular formula is C22H19F3N7O2+. The summed E-state index contributed by atoms with van der Waals surface area (Å²) in [5.41, 5.74) is 7.59. The molecule has 3 aromatic heterocycles. The summed E-state index contributed by atoms with van der Waals surface area (Å²) in [7, 11) is 0. The van der Waals surface area contributed by atoms with E-state index in [0.29, 0.717) is 34.9 Å². The summed E-state index contributed by atoms with van der Waals surface area (Å²) < 4.78 is 45.6. The molecule has 174 valence electrons. The summed E-state index contributed by atoms with van der Waals surface area (Å²) in [4.78, 5) is 21.2. The van der Waals surface area contributed by atoms with Crippen molar-refractivity contribution in [1.82, 2.24) is 20.2 Å². The standard InChI is InChI=1S/C22H18F3N7O2/c23-22(24,25)20-12(7-29-32-20)19-11-4-2-1-3-10(11)16-14(30-19)6-5-13(26)17(16)18(27)21(33)31-15-8-34-9-28-15/h5-9,27H,1-4,26H2,(H,29,32)(H,31,33)/p+1. The van der Waals surface area contributed by atoms with E-state index in [0.717, 1.165) is 31.0 Å². The van der Waals surface area contributed by atoms with Gasteiger partial charge in [-0.15, -0.1) is 0 Å². The zero-order valence-corrected chi connectivity index (χ0v) is 17.7. The molecule has 5 rings (SSSR count). The summed E-state index contributed by atoms with van der Waals surface area (Å²) >= 11 is 0. The fraction of sp³-hybridized carbons (Fsp3) is 0.227. The minimum atomic E-state index is -4.62. The lowest BCUT2D eigenvalue weighted by molar-refractivity contribution is -0.140. The zero-order valence-electron chi connectivity index (χ0n) is 17.7. The predicted molar refractivity (Wildman–Crippen MR) is 117 cm³/mol. The van der Waals surface area contributed by atoms with Gasteiger partial charge in [0.25, 0.3) is 5.71 Å². The number of nitrogens with zero attached hydrogens (tertiary/aromatic N) is 3. The van der Waals surface area contributed by atoms with E-state index < -0.39 is 17.8 Å². The Kier molecular flexibility index (Phi) is 5.07. The number of benzene rings is 1. The van der Waals surface area contributed by atoms with Crippen LogP contribution in [-0.4, -0.2) is 31.8 Å². The fourth-order valence-electron chi connectivity index (χ4n) is 4.40. The third kappa shape index (κ3) is 3.56. The molecular weight excluding hydrogens is 451 g/mol. The molecule has 9 nitrogen and oxygen atoms in total. The number of nitrogens with two attached hydrogens (primary N) is 2. The van der Waals surface area contributed by atoms with E-state index in [1.165, 1.54) is 12.3 Å². The Labute approximate surface area is 190 Å². The van der Waals surface area contributed by atoms with Gasteiger partial charge in [0.2, 0.25) is 0 Å². The van der Waals surface area contributed by atoms with Crippen LogP contribution in [-0.2, 0) is 23.8 Å². The van der Waals surface area contributed by atoms with Gasteiger partial charge in [0.1, 0.15) is 12.0 Å². The summed E-state index contributed by atoms with van der Waals surface area (Å²) in [6.45, 7) is 0. The molecule has 4 aromatic rings. The van der Waals surface area contributed by atoms with Crippen molar-refractivity contribution in [3.05, 3.63) is 53.4 Å². The van der Waals surface area contributed by atoms with Crippen LogP contribution in [0.2, 0.25) is 0 Å². The number of carbonyl (C=O) groups is 1. The summed E-state index contributed by atoms with van der Waals surface area (Å²) in [5, 5.41) is 15.0. The van der Waals surface area contributed by atoms with Gasteiger partial charge < -0.3 is 10.2 Å². The molecule has 0 atom stereocenters. The number of pyridine rings is 1. The van der Waals surface area contributed by atoms with E-state index in [-0.39, 0.29) is 28.5 Å². The highest BCUT2D eigenvalue weighted by molar-refractivity contribution is 6.49. The summed E-state index contributed by atoms with van der Waals surface area (Å²) in [6, 6.07) is 3.14. The highest BCUT2D eigenvalue weighted by atomic mass is 19.4. The quantitative estimate of drug-likeness (QED) is 0.266. The topological polar surface area (TPSA) is 148 Å². The Hall–Kier alpha value is -4.22. The molecule has 0 saturated carbocycles. The molecule has 0 fully saturated rings. The lowest BCUT2D eigenvalue weighted by Gasteiger charge is -2.23. The number of oxazole rings is 1. The van der Waals surface area contributed by atoms with Gasteiger partial charge in [-0.05, 0) is 48.9 Å². The number of halogens is 3. The first kappa shape index (κ1) is 21.6. The van der Waals surface area contributed by atoms with Gasteiger partial charge in [-0.2, -0.15) is 23.3 Å². The van der Waals surface area contributed by atoms with Crippen LogP contribution in [0.25, 0.3) is 22.2 Å². The number of carbonyl (C=O) groups excluding carboxylic acids is 1. The SMILES string of the molecule is Nc1ccc2nc(-c3cn[nH]c3C(F)(F)F)c3c(c2c1C(=[NH2+])C(=O)Nc1cocn1)CCCC3. The van der Waals surface area contributed by atoms with Gasteiger partial charge >= 0.3 is 12.1 Å². The number of aromatic amines is 1. The Morgan fingerprint density at radius 3 is 2.68 bits per heavy atom. The number of nitrogens with one attached hydrogen (secondary N) is 2. The number of hydrogen-bond donors (Lipinski definition) is 4. The summed E-state index contributed by atoms with van der Waals surface area (Å²) in [6.07, 6.45) is 1.63. The van der Waals surface area contributed by atoms with Crippen LogP contribution in [0.5, 0.6) is 0 Å². The van der Waals surface area contributed by atoms with E-state index in [1.807, 2.05) is 5.10 Å². The van der Waals surface area contributed by atoms with Crippen molar-refractivity contribution in [2.45, 2.75) is 31.9 Å². The van der Waals surface area contributed by atoms with Crippen LogP contribution in [0, 0.1) is 0 Å². The maximum Gasteiger partial charge on any atom is 0.433 e. The molecule has 0 spiro atoms. The highest BCUT2D eigenvalue weighted by Gasteiger charge is 2.38. The van der Waals surface area contributed by atoms with E-state index in [4.69, 9.17) is 15.6 Å². The van der Waals surface area contributed by atoms with Crippen molar-refractivity contribution in [3.63, 3.8) is 0 Å². The Morgan fingerprint density at radius 2 is 1.97 bits per heavy atom. The second kappa shape index (κ2) is 7.97. The maximum absolute atomic E-state index is 13.6. The van der Waals surface area contributed by atoms with Crippen molar-refractivity contribution in [1.29, 1.82) is 0 Å². The number of H-pyrrole nitrogens is 1. The number of aryl methyl sites for hydroxylation is 1. The molecule has 1 aliphatic rings. The lowest BCUT2D eigenvalue weighted by Crippen LogP contribution is -2.48. The largest absolute Gasteiger partial charge is 0.449 e. The van der Waals surface area contributed by atoms with Gasteiger partial charge in [0.15, 0.2) is 12.2 Å². The fourth-order valence-corrected chi connectivity index (χ4v) is 4.40. The predicted octanol–water partition coefficient (Wildman–Crippen LogP) is 2.28. The molecule has 0 bridgehead atoms. The average Bonchev–Trinajstić information content (AvgIpc) is 3.50. The molecule has 1 amide bonds. The molecule has 0 unspecified atom stereocenters. The van der Waals surface area contributed by atoms with Crippen molar-refractivity contribution in [2.75, 3.05) is 11.1 Å². The third-order valence-corrected chi connectivity index (χ3v) is 5.87. The Morgan fingerprint density at radius 1 is 1.21 bits per heavy atom. The van der Waals surface area contributed by atoms with Gasteiger partial charge in [0, 0.05) is 11.1 Å². The minimum Gasteiger partial charge on any atom is -0.449 e. The van der Waals surface area contributed by atoms with E-state index >= 15 is 0 Å². The Bertz CT molecular complexity index is 1420. The summed E-state index contributed by atoms with van der Waals surface area (Å²) in [5.74, 6) is -0.468. The highest BCUT2D eigenvalue weighted by Crippen LogP contribution is 2.41. The number of alkyl halides is 3. The molecule has 12 heteroatoms. The van der Waals surface area contributed by atoms with Crippen LogP contribution in [0.1, 0.15) is 35.2 Å². The molecule has 34 heavy (non-hydrogen) atoms. The molecule has 6 N–H and O–H groups in total. The lowest BCUT2D eigenvalue weighted by atomic mass is 9.84. The first-order valence-electron chi connectivity index (χ1n) is 10.4. The van der Waals surface area contributed by atoms with E-state index in [1.54, 1.807) is 6.07 Å². The first-order chi connectivity index (χ1) is 16.3. The van der Waals surface area contributed by atoms with Crippen LogP contribution in [0.3, 0.4) is 0 Å². The molecule has 0 radical (unpaired) electrons. The van der Waals surface area contributed by atoms with E-state index in [2.05, 4.69) is 20.4 Å². The number of amides is 1. The normalized spacial score (nSPS) is 13.6. The molecule has 0 saturated heterocycles. The number of hydrogen-bond acceptors (Lipinski definition) is 6. The maximum atomic E-state index is 13.6. The third-order valence-electron chi connectivity index (χ3n) is 5.87. The zero-order chi connectivity index (χ0) is 24.0. The second-order valence-electron chi connectivity index (χ2n) is 7.95. The number of rotatable bonds is 4. The monoisotopic (exact) mass is 470 g/mol. The van der Waals surface area contributed by atoms with Gasteiger partial charge in [-0.1, -0.05) is 0 Å². The van der Waals surface area contributed by atoms with Crippen molar-refractivity contribution in [3.8, 4) is 11.3 Å². The van der Waals surface area contributed by atoms with E-state index in [9.17, 15) is 18.0 Å². The number of anilines is 2. The molecule has 1 aromatic carbocycles. The number of aromatic nitrogens is 4. The smallest absolute Gasteiger partial charge is 0.433 e. The molecule has 3 heterocycles. The molecule has 0 aliphatic heterocycles. The average molecular weight is 470 g/mol. The first-order valence-corrected chi connectivity index (χ1v) is 10.4. The molecule has 1 aliphatic carbocycles. The van der Waals surface area contributed by atoms with Crippen LogP contribution in [0.4, 0.5) is 24.7 Å². The second-order valence-corrected chi connectivity index (χ2v) is 7.95. The van der Waals surface area contributed by atoms with Crippen molar-refractivity contribution in [2.24, 2.45) is 0 Å².